The summed E-state index contributed by atoms with van der Waals surface area (Å²) < 4.78 is 13.9. The molecule has 3 fully saturated rings. The van der Waals surface area contributed by atoms with E-state index in [1.165, 1.54) is 12.1 Å². The van der Waals surface area contributed by atoms with Gasteiger partial charge in [0.2, 0.25) is 23.6 Å². The first-order valence-corrected chi connectivity index (χ1v) is 20.4. The molecule has 0 bridgehead atoms. The molecule has 3 aliphatic rings. The quantitative estimate of drug-likeness (QED) is 0.138. The molecule has 6 rings (SSSR count). The maximum Gasteiger partial charge on any atom is 0.247 e. The molecular weight excluding hydrogens is 798 g/mol. The van der Waals surface area contributed by atoms with Gasteiger partial charge in [-0.3, -0.25) is 19.2 Å². The average molecular weight is 851 g/mol. The second kappa shape index (κ2) is 17.2. The maximum atomic E-state index is 14.1. The topological polar surface area (TPSA) is 128 Å². The van der Waals surface area contributed by atoms with Crippen LogP contribution in [0.3, 0.4) is 0 Å². The smallest absolute Gasteiger partial charge is 0.247 e. The monoisotopic (exact) mass is 850 g/mol. The van der Waals surface area contributed by atoms with E-state index in [-0.39, 0.29) is 57.3 Å². The lowest BCUT2D eigenvalue weighted by molar-refractivity contribution is -0.138. The van der Waals surface area contributed by atoms with Gasteiger partial charge in [0.25, 0.3) is 0 Å². The number of nitrogens with zero attached hydrogens (tertiary/aromatic N) is 3. The minimum absolute atomic E-state index is 0.00717. The predicted molar refractivity (Wildman–Crippen MR) is 219 cm³/mol. The second-order valence-corrected chi connectivity index (χ2v) is 16.9. The number of alkyl halides is 1. The molecule has 3 saturated heterocycles. The number of likely N-dealkylation sites (tertiary alicyclic amines) is 2. The Hall–Kier alpha value is -4.04. The lowest BCUT2D eigenvalue weighted by Gasteiger charge is -2.33. The van der Waals surface area contributed by atoms with Gasteiger partial charge in [-0.05, 0) is 110 Å². The van der Waals surface area contributed by atoms with Crippen molar-refractivity contribution in [3.63, 3.8) is 0 Å². The van der Waals surface area contributed by atoms with Crippen LogP contribution in [-0.4, -0.2) is 68.6 Å². The summed E-state index contributed by atoms with van der Waals surface area (Å²) >= 11 is 2.18. The van der Waals surface area contributed by atoms with Crippen molar-refractivity contribution in [2.45, 2.75) is 100 Å². The van der Waals surface area contributed by atoms with E-state index < -0.39 is 18.1 Å². The first-order valence-electron chi connectivity index (χ1n) is 19.2. The molecule has 3 aliphatic heterocycles. The molecule has 0 radical (unpaired) electrons. The van der Waals surface area contributed by atoms with Gasteiger partial charge in [-0.15, -0.1) is 0 Å². The molecule has 3 aromatic carbocycles. The average Bonchev–Trinajstić information content (AvgIpc) is 3.95. The Bertz CT molecular complexity index is 1700. The van der Waals surface area contributed by atoms with Crippen LogP contribution >= 0.6 is 22.6 Å². The van der Waals surface area contributed by atoms with Gasteiger partial charge in [-0.1, -0.05) is 74.6 Å². The molecule has 0 saturated carbocycles. The van der Waals surface area contributed by atoms with Crippen LogP contribution in [0.2, 0.25) is 0 Å². The van der Waals surface area contributed by atoms with E-state index in [9.17, 15) is 23.6 Å². The zero-order chi connectivity index (χ0) is 38.7. The van der Waals surface area contributed by atoms with Crippen LogP contribution in [0.5, 0.6) is 0 Å². The van der Waals surface area contributed by atoms with Crippen molar-refractivity contribution in [2.24, 2.45) is 17.6 Å². The van der Waals surface area contributed by atoms with Crippen LogP contribution < -0.4 is 21.3 Å². The Balaban J connectivity index is 1.15. The number of amides is 4. The van der Waals surface area contributed by atoms with Crippen LogP contribution in [0.1, 0.15) is 89.4 Å². The number of hydrogen-bond acceptors (Lipinski definition) is 6. The highest BCUT2D eigenvalue weighted by Gasteiger charge is 2.39. The highest BCUT2D eigenvalue weighted by atomic mass is 127. The summed E-state index contributed by atoms with van der Waals surface area (Å²) in [6.07, 6.45) is 4.51. The van der Waals surface area contributed by atoms with Crippen molar-refractivity contribution in [1.29, 1.82) is 0 Å². The predicted octanol–water partition coefficient (Wildman–Crippen LogP) is 7.21. The van der Waals surface area contributed by atoms with E-state index >= 15 is 0 Å². The van der Waals surface area contributed by atoms with Gasteiger partial charge in [0, 0.05) is 30.2 Å². The van der Waals surface area contributed by atoms with Gasteiger partial charge in [-0.25, -0.2) is 4.39 Å². The number of carbonyl (C=O) groups excluding carboxylic acids is 4. The van der Waals surface area contributed by atoms with Crippen molar-refractivity contribution in [1.82, 2.24) is 9.80 Å². The summed E-state index contributed by atoms with van der Waals surface area (Å²) in [6, 6.07) is 20.6. The van der Waals surface area contributed by atoms with E-state index in [1.54, 1.807) is 21.9 Å². The number of halogens is 2. The highest BCUT2D eigenvalue weighted by Crippen LogP contribution is 2.47. The number of rotatable bonds is 11. The summed E-state index contributed by atoms with van der Waals surface area (Å²) in [5.41, 5.74) is 10.5. The van der Waals surface area contributed by atoms with E-state index in [4.69, 9.17) is 5.73 Å². The molecule has 4 amide bonds. The maximum absolute atomic E-state index is 14.1. The SMILES string of the molecule is CC(C)[C@H](N)C(=O)N1CCC[C@H]1C(=O)Nc1ccc([C@@H]2CC[C@@H](c3ccc(NC(=O)[C@@H]4CCCN4C(=O)[C@@H](I)C(C)C)cc3)N2c2ccc(F)cc2)cc1. The number of nitrogens with one attached hydrogen (secondary N) is 2. The molecule has 3 heterocycles. The third-order valence-corrected chi connectivity index (χ3v) is 13.1. The summed E-state index contributed by atoms with van der Waals surface area (Å²) in [5, 5.41) is 6.06. The normalized spacial score (nSPS) is 22.5. The summed E-state index contributed by atoms with van der Waals surface area (Å²) in [6.45, 7) is 8.96. The van der Waals surface area contributed by atoms with Gasteiger partial charge in [-0.2, -0.15) is 0 Å². The molecule has 0 aliphatic carbocycles. The zero-order valence-corrected chi connectivity index (χ0v) is 33.7. The molecule has 0 spiro atoms. The van der Waals surface area contributed by atoms with Crippen LogP contribution in [0.25, 0.3) is 0 Å². The van der Waals surface area contributed by atoms with Gasteiger partial charge < -0.3 is 31.1 Å². The fourth-order valence-corrected chi connectivity index (χ4v) is 8.35. The van der Waals surface area contributed by atoms with Crippen molar-refractivity contribution in [3.05, 3.63) is 89.7 Å². The number of anilines is 3. The zero-order valence-electron chi connectivity index (χ0n) is 31.5. The van der Waals surface area contributed by atoms with E-state index in [0.717, 1.165) is 42.5 Å². The van der Waals surface area contributed by atoms with Gasteiger partial charge in [0.15, 0.2) is 0 Å². The molecule has 6 atom stereocenters. The Morgan fingerprint density at radius 1 is 0.667 bits per heavy atom. The fourth-order valence-electron chi connectivity index (χ4n) is 7.99. The molecule has 0 unspecified atom stereocenters. The first-order chi connectivity index (χ1) is 25.8. The molecule has 54 heavy (non-hydrogen) atoms. The fraction of sp³-hybridized carbons (Fsp3) is 0.476. The third kappa shape index (κ3) is 8.59. The minimum Gasteiger partial charge on any atom is -0.357 e. The third-order valence-electron chi connectivity index (χ3n) is 11.1. The Morgan fingerprint density at radius 2 is 1.11 bits per heavy atom. The van der Waals surface area contributed by atoms with Crippen molar-refractivity contribution in [2.75, 3.05) is 28.6 Å². The number of carbonyl (C=O) groups is 4. The Labute approximate surface area is 331 Å². The lowest BCUT2D eigenvalue weighted by Crippen LogP contribution is -2.51. The Morgan fingerprint density at radius 3 is 1.54 bits per heavy atom. The van der Waals surface area contributed by atoms with Crippen molar-refractivity contribution in [3.8, 4) is 0 Å². The Kier molecular flexibility index (Phi) is 12.6. The van der Waals surface area contributed by atoms with E-state index in [1.807, 2.05) is 76.2 Å². The number of benzene rings is 3. The van der Waals surface area contributed by atoms with Crippen LogP contribution in [0.4, 0.5) is 21.5 Å². The summed E-state index contributed by atoms with van der Waals surface area (Å²) in [7, 11) is 0. The van der Waals surface area contributed by atoms with Crippen LogP contribution in [0.15, 0.2) is 72.8 Å². The van der Waals surface area contributed by atoms with Crippen molar-refractivity contribution < 1.29 is 23.6 Å². The van der Waals surface area contributed by atoms with E-state index in [0.29, 0.717) is 37.3 Å². The summed E-state index contributed by atoms with van der Waals surface area (Å²) in [5.74, 6) is -0.683. The molecule has 288 valence electrons. The first kappa shape index (κ1) is 39.6. The van der Waals surface area contributed by atoms with Crippen LogP contribution in [0, 0.1) is 17.7 Å². The molecular formula is C42H52FIN6O4. The lowest BCUT2D eigenvalue weighted by atomic mass is 10.0. The number of hydrogen-bond donors (Lipinski definition) is 3. The summed E-state index contributed by atoms with van der Waals surface area (Å²) in [4.78, 5) is 58.5. The molecule has 10 nitrogen and oxygen atoms in total. The minimum atomic E-state index is -0.639. The van der Waals surface area contributed by atoms with Gasteiger partial charge >= 0.3 is 0 Å². The molecule has 4 N–H and O–H groups in total. The second-order valence-electron chi connectivity index (χ2n) is 15.5. The van der Waals surface area contributed by atoms with Crippen molar-refractivity contribution >= 4 is 63.3 Å². The number of nitrogens with two attached hydrogens (primary N) is 1. The van der Waals surface area contributed by atoms with Gasteiger partial charge in [0.05, 0.1) is 22.1 Å². The van der Waals surface area contributed by atoms with Crippen LogP contribution in [-0.2, 0) is 19.2 Å². The standard InChI is InChI=1S/C42H52FIN6O4/c1-25(2)37(44)41(53)48-23-5-7-35(48)39(51)46-30-15-9-27(10-16-30)33-21-22-34(50(33)32-19-13-29(43)14-20-32)28-11-17-31(18-12-28)47-40(52)36-8-6-24-49(36)42(54)38(45)26(3)4/h9-20,25-26,33-38H,5-8,21-24,45H2,1-4H3,(H,46,51)(H,47,52)/t33-,34-,35-,36-,37-,38-/m0/s1. The molecule has 12 heteroatoms. The molecule has 0 aromatic heterocycles. The van der Waals surface area contributed by atoms with E-state index in [2.05, 4.69) is 38.1 Å². The largest absolute Gasteiger partial charge is 0.357 e. The molecule has 3 aromatic rings. The highest BCUT2D eigenvalue weighted by molar-refractivity contribution is 14.1. The van der Waals surface area contributed by atoms with Gasteiger partial charge in [0.1, 0.15) is 17.9 Å².